The van der Waals surface area contributed by atoms with Crippen LogP contribution in [-0.2, 0) is 0 Å². The van der Waals surface area contributed by atoms with Crippen molar-refractivity contribution < 1.29 is 0 Å². The molecule has 0 saturated carbocycles. The summed E-state index contributed by atoms with van der Waals surface area (Å²) in [5.74, 6) is 1.53. The van der Waals surface area contributed by atoms with Crippen LogP contribution >= 0.6 is 0 Å². The number of rotatable bonds is 6. The molecule has 5 heteroatoms. The fraction of sp³-hybridized carbons (Fsp3) is 0.455. The molecule has 16 heavy (non-hydrogen) atoms. The van der Waals surface area contributed by atoms with Gasteiger partial charge in [0.25, 0.3) is 0 Å². The lowest BCUT2D eigenvalue weighted by Crippen LogP contribution is -2.39. The maximum absolute atomic E-state index is 5.87. The van der Waals surface area contributed by atoms with Crippen molar-refractivity contribution in [3.8, 4) is 0 Å². The lowest BCUT2D eigenvalue weighted by Gasteiger charge is -2.19. The third-order valence-corrected chi connectivity index (χ3v) is 1.82. The molecule has 0 atom stereocenters. The van der Waals surface area contributed by atoms with Gasteiger partial charge in [-0.3, -0.25) is 0 Å². The van der Waals surface area contributed by atoms with Crippen molar-refractivity contribution >= 4 is 11.6 Å². The highest BCUT2D eigenvalue weighted by Crippen LogP contribution is 2.09. The summed E-state index contributed by atoms with van der Waals surface area (Å²) in [4.78, 5) is 8.19. The number of hydrogen-bond acceptors (Lipinski definition) is 5. The van der Waals surface area contributed by atoms with Crippen LogP contribution in [0.4, 0.5) is 11.6 Å². The summed E-state index contributed by atoms with van der Waals surface area (Å²) in [5, 5.41) is 6.25. The molecule has 0 aliphatic rings. The molecule has 1 aromatic heterocycles. The van der Waals surface area contributed by atoms with Crippen LogP contribution in [0, 0.1) is 0 Å². The van der Waals surface area contributed by atoms with E-state index in [1.54, 1.807) is 6.08 Å². The highest BCUT2D eigenvalue weighted by Gasteiger charge is 2.10. The van der Waals surface area contributed by atoms with Gasteiger partial charge < -0.3 is 16.4 Å². The summed E-state index contributed by atoms with van der Waals surface area (Å²) in [7, 11) is 0. The molecule has 4 N–H and O–H groups in total. The first-order valence-corrected chi connectivity index (χ1v) is 5.21. The van der Waals surface area contributed by atoms with Crippen LogP contribution < -0.4 is 16.4 Å². The first-order chi connectivity index (χ1) is 7.51. The van der Waals surface area contributed by atoms with Crippen molar-refractivity contribution in [1.82, 2.24) is 9.97 Å². The summed E-state index contributed by atoms with van der Waals surface area (Å²) in [6.07, 6.45) is 3.29. The van der Waals surface area contributed by atoms with E-state index in [9.17, 15) is 0 Å². The van der Waals surface area contributed by atoms with Gasteiger partial charge in [0.15, 0.2) is 0 Å². The molecule has 0 saturated heterocycles. The monoisotopic (exact) mass is 221 g/mol. The molecule has 1 aromatic rings. The number of nitrogens with one attached hydrogen (secondary N) is 2. The van der Waals surface area contributed by atoms with Crippen molar-refractivity contribution in [2.24, 2.45) is 5.73 Å². The van der Waals surface area contributed by atoms with Gasteiger partial charge in [-0.25, -0.2) is 9.97 Å². The molecular weight excluding hydrogens is 202 g/mol. The Balaban J connectivity index is 2.56. The highest BCUT2D eigenvalue weighted by molar-refractivity contribution is 5.46. The predicted octanol–water partition coefficient (Wildman–Crippen LogP) is 1.22. The van der Waals surface area contributed by atoms with Gasteiger partial charge in [-0.2, -0.15) is 0 Å². The largest absolute Gasteiger partial charge is 0.368 e. The van der Waals surface area contributed by atoms with E-state index >= 15 is 0 Å². The lowest BCUT2D eigenvalue weighted by molar-refractivity contribution is 0.548. The molecule has 1 rings (SSSR count). The Morgan fingerprint density at radius 2 is 2.00 bits per heavy atom. The molecule has 0 radical (unpaired) electrons. The summed E-state index contributed by atoms with van der Waals surface area (Å²) in [6.45, 7) is 8.88. The summed E-state index contributed by atoms with van der Waals surface area (Å²) in [6, 6.07) is 1.84. The van der Waals surface area contributed by atoms with Gasteiger partial charge in [0, 0.05) is 24.7 Å². The Bertz CT molecular complexity index is 342. The molecule has 0 fully saturated rings. The normalized spacial score (nSPS) is 10.9. The number of nitrogens with two attached hydrogens (primary N) is 1. The zero-order valence-electron chi connectivity index (χ0n) is 9.83. The van der Waals surface area contributed by atoms with E-state index in [0.717, 1.165) is 11.6 Å². The fourth-order valence-electron chi connectivity index (χ4n) is 1.05. The molecule has 88 valence electrons. The summed E-state index contributed by atoms with van der Waals surface area (Å²) < 4.78 is 0. The van der Waals surface area contributed by atoms with Gasteiger partial charge in [-0.05, 0) is 13.8 Å². The first kappa shape index (κ1) is 12.4. The molecule has 0 spiro atoms. The molecule has 5 nitrogen and oxygen atoms in total. The Hall–Kier alpha value is -1.62. The zero-order valence-corrected chi connectivity index (χ0v) is 9.83. The average molecular weight is 221 g/mol. The quantitative estimate of drug-likeness (QED) is 0.630. The zero-order chi connectivity index (χ0) is 12.0. The molecule has 0 aromatic carbocycles. The van der Waals surface area contributed by atoms with Gasteiger partial charge in [-0.1, -0.05) is 6.08 Å². The van der Waals surface area contributed by atoms with Crippen LogP contribution in [0.1, 0.15) is 13.8 Å². The van der Waals surface area contributed by atoms with Gasteiger partial charge >= 0.3 is 0 Å². The Morgan fingerprint density at radius 3 is 2.56 bits per heavy atom. The third-order valence-electron chi connectivity index (χ3n) is 1.82. The maximum Gasteiger partial charge on any atom is 0.131 e. The van der Waals surface area contributed by atoms with Crippen molar-refractivity contribution in [2.45, 2.75) is 19.4 Å². The van der Waals surface area contributed by atoms with Gasteiger partial charge in [0.05, 0.1) is 0 Å². The first-order valence-electron chi connectivity index (χ1n) is 5.21. The number of nitrogens with zero attached hydrogens (tertiary/aromatic N) is 2. The number of aromatic nitrogens is 2. The number of hydrogen-bond donors (Lipinski definition) is 3. The molecule has 0 aliphatic heterocycles. The SMILES string of the molecule is C=CCNc1cc(NCC(C)(C)N)ncn1. The van der Waals surface area contributed by atoms with Crippen LogP contribution in [-0.4, -0.2) is 28.6 Å². The third kappa shape index (κ3) is 4.75. The molecule has 0 aliphatic carbocycles. The molecule has 0 bridgehead atoms. The standard InChI is InChI=1S/C11H19N5/c1-4-5-13-9-6-10(16-8-15-9)14-7-11(2,3)12/h4,6,8H,1,5,7,12H2,2-3H3,(H2,13,14,15,16). The minimum absolute atomic E-state index is 0.264. The maximum atomic E-state index is 5.87. The van der Waals surface area contributed by atoms with E-state index in [0.29, 0.717) is 13.1 Å². The van der Waals surface area contributed by atoms with Crippen LogP contribution in [0.15, 0.2) is 25.0 Å². The number of anilines is 2. The summed E-state index contributed by atoms with van der Waals surface area (Å²) >= 11 is 0. The molecule has 0 unspecified atom stereocenters. The van der Waals surface area contributed by atoms with Crippen molar-refractivity contribution in [1.29, 1.82) is 0 Å². The Kier molecular flexibility index (Phi) is 4.25. The predicted molar refractivity (Wildman–Crippen MR) is 67.5 cm³/mol. The van der Waals surface area contributed by atoms with Crippen LogP contribution in [0.3, 0.4) is 0 Å². The van der Waals surface area contributed by atoms with Crippen LogP contribution in [0.25, 0.3) is 0 Å². The highest BCUT2D eigenvalue weighted by atomic mass is 15.1. The van der Waals surface area contributed by atoms with Crippen molar-refractivity contribution in [3.63, 3.8) is 0 Å². The summed E-state index contributed by atoms with van der Waals surface area (Å²) in [5.41, 5.74) is 5.60. The molecular formula is C11H19N5. The topological polar surface area (TPSA) is 75.9 Å². The Labute approximate surface area is 96.2 Å². The van der Waals surface area contributed by atoms with Gasteiger partial charge in [0.2, 0.25) is 0 Å². The van der Waals surface area contributed by atoms with Gasteiger partial charge in [-0.15, -0.1) is 6.58 Å². The minimum Gasteiger partial charge on any atom is -0.368 e. The molecule has 0 amide bonds. The van der Waals surface area contributed by atoms with Crippen LogP contribution in [0.5, 0.6) is 0 Å². The second kappa shape index (κ2) is 5.46. The van der Waals surface area contributed by atoms with E-state index in [4.69, 9.17) is 5.73 Å². The van der Waals surface area contributed by atoms with E-state index in [1.165, 1.54) is 6.33 Å². The van der Waals surface area contributed by atoms with Crippen molar-refractivity contribution in [3.05, 3.63) is 25.0 Å². The van der Waals surface area contributed by atoms with E-state index in [1.807, 2.05) is 19.9 Å². The second-order valence-electron chi connectivity index (χ2n) is 4.30. The van der Waals surface area contributed by atoms with E-state index < -0.39 is 0 Å². The fourth-order valence-corrected chi connectivity index (χ4v) is 1.05. The van der Waals surface area contributed by atoms with Crippen molar-refractivity contribution in [2.75, 3.05) is 23.7 Å². The Morgan fingerprint density at radius 1 is 1.38 bits per heavy atom. The molecule has 1 heterocycles. The van der Waals surface area contributed by atoms with E-state index in [-0.39, 0.29) is 5.54 Å². The van der Waals surface area contributed by atoms with E-state index in [2.05, 4.69) is 27.2 Å². The minimum atomic E-state index is -0.264. The lowest BCUT2D eigenvalue weighted by atomic mass is 10.1. The second-order valence-corrected chi connectivity index (χ2v) is 4.30. The average Bonchev–Trinajstić information content (AvgIpc) is 2.23. The van der Waals surface area contributed by atoms with Gasteiger partial charge in [0.1, 0.15) is 18.0 Å². The smallest absolute Gasteiger partial charge is 0.131 e. The van der Waals surface area contributed by atoms with Crippen LogP contribution in [0.2, 0.25) is 0 Å².